The van der Waals surface area contributed by atoms with E-state index in [9.17, 15) is 18.0 Å². The smallest absolute Gasteiger partial charge is 0.349 e. The fraction of sp³-hybridized carbons (Fsp3) is 0.111. The maximum Gasteiger partial charge on any atom is 0.416 e. The van der Waals surface area contributed by atoms with Crippen molar-refractivity contribution in [2.45, 2.75) is 11.3 Å². The predicted octanol–water partition coefficient (Wildman–Crippen LogP) is 4.61. The van der Waals surface area contributed by atoms with E-state index in [0.717, 1.165) is 23.0 Å². The summed E-state index contributed by atoms with van der Waals surface area (Å²) < 4.78 is 40.3. The van der Waals surface area contributed by atoms with Crippen molar-refractivity contribution in [3.8, 4) is 5.69 Å². The van der Waals surface area contributed by atoms with Crippen LogP contribution < -0.4 is 5.56 Å². The third kappa shape index (κ3) is 2.57. The number of aromatic amines is 1. The van der Waals surface area contributed by atoms with Gasteiger partial charge in [-0.3, -0.25) is 9.36 Å². The Morgan fingerprint density at radius 1 is 1.12 bits per heavy atom. The number of thioether (sulfide) groups is 1. The van der Waals surface area contributed by atoms with Gasteiger partial charge in [0.15, 0.2) is 5.16 Å². The molecule has 2 aromatic carbocycles. The van der Waals surface area contributed by atoms with E-state index >= 15 is 0 Å². The molecule has 8 heteroatoms. The molecule has 4 rings (SSSR count). The average molecular weight is 375 g/mol. The van der Waals surface area contributed by atoms with Crippen LogP contribution in [0.1, 0.15) is 5.56 Å². The van der Waals surface area contributed by atoms with E-state index in [1.165, 1.54) is 28.5 Å². The topological polar surface area (TPSA) is 50.7 Å². The second kappa shape index (κ2) is 5.91. The van der Waals surface area contributed by atoms with E-state index in [1.807, 2.05) is 24.3 Å². The Morgan fingerprint density at radius 3 is 2.62 bits per heavy atom. The quantitative estimate of drug-likeness (QED) is 0.411. The molecule has 0 saturated carbocycles. The molecule has 1 N–H and O–H groups in total. The molecular formula is C18H12F3N3OS. The highest BCUT2D eigenvalue weighted by molar-refractivity contribution is 7.98. The van der Waals surface area contributed by atoms with Crippen molar-refractivity contribution in [2.75, 3.05) is 6.26 Å². The molecule has 4 aromatic rings. The molecule has 4 nitrogen and oxygen atoms in total. The van der Waals surface area contributed by atoms with E-state index in [-0.39, 0.29) is 11.2 Å². The second-order valence-corrected chi connectivity index (χ2v) is 6.45. The molecule has 132 valence electrons. The molecule has 0 radical (unpaired) electrons. The number of nitrogens with zero attached hydrogens (tertiary/aromatic N) is 2. The van der Waals surface area contributed by atoms with Gasteiger partial charge in [0.2, 0.25) is 0 Å². The Labute approximate surface area is 149 Å². The monoisotopic (exact) mass is 375 g/mol. The van der Waals surface area contributed by atoms with Crippen molar-refractivity contribution in [1.29, 1.82) is 0 Å². The first-order valence-electron chi connectivity index (χ1n) is 7.65. The summed E-state index contributed by atoms with van der Waals surface area (Å²) in [5.74, 6) is 0. The van der Waals surface area contributed by atoms with Crippen molar-refractivity contribution in [2.24, 2.45) is 0 Å². The maximum atomic E-state index is 13.0. The predicted molar refractivity (Wildman–Crippen MR) is 96.0 cm³/mol. The minimum absolute atomic E-state index is 0.127. The molecule has 0 aliphatic rings. The molecule has 0 saturated heterocycles. The SMILES string of the molecule is CSc1nc2c([nH]c3ccccc32)c(=O)n1-c1cccc(C(F)(F)F)c1. The highest BCUT2D eigenvalue weighted by Gasteiger charge is 2.31. The summed E-state index contributed by atoms with van der Waals surface area (Å²) in [7, 11) is 0. The van der Waals surface area contributed by atoms with Gasteiger partial charge in [-0.25, -0.2) is 4.98 Å². The number of aromatic nitrogens is 3. The standard InChI is InChI=1S/C18H12F3N3OS/c1-26-17-23-14-12-7-2-3-8-13(12)22-15(14)16(25)24(17)11-6-4-5-10(9-11)18(19,20)21/h2-9,22H,1H3. The first-order valence-corrected chi connectivity index (χ1v) is 8.87. The molecule has 2 aromatic heterocycles. The molecule has 0 amide bonds. The zero-order valence-electron chi connectivity index (χ0n) is 13.5. The van der Waals surface area contributed by atoms with Gasteiger partial charge < -0.3 is 4.98 Å². The van der Waals surface area contributed by atoms with Crippen LogP contribution in [0.3, 0.4) is 0 Å². The lowest BCUT2D eigenvalue weighted by Gasteiger charge is -2.13. The number of benzene rings is 2. The third-order valence-corrected chi connectivity index (χ3v) is 4.75. The van der Waals surface area contributed by atoms with Crippen molar-refractivity contribution >= 4 is 33.7 Å². The van der Waals surface area contributed by atoms with E-state index < -0.39 is 17.3 Å². The van der Waals surface area contributed by atoms with Gasteiger partial charge in [0.05, 0.1) is 11.3 Å². The van der Waals surface area contributed by atoms with Gasteiger partial charge in [-0.2, -0.15) is 13.2 Å². The number of fused-ring (bicyclic) bond motifs is 3. The average Bonchev–Trinajstić information content (AvgIpc) is 3.00. The lowest BCUT2D eigenvalue weighted by atomic mass is 10.2. The summed E-state index contributed by atoms with van der Waals surface area (Å²) in [4.78, 5) is 20.6. The number of hydrogen-bond donors (Lipinski definition) is 1. The van der Waals surface area contributed by atoms with Crippen LogP contribution in [-0.4, -0.2) is 20.8 Å². The van der Waals surface area contributed by atoms with E-state index in [1.54, 1.807) is 6.26 Å². The lowest BCUT2D eigenvalue weighted by Crippen LogP contribution is -2.22. The summed E-state index contributed by atoms with van der Waals surface area (Å²) in [6.07, 6.45) is -2.76. The van der Waals surface area contributed by atoms with Crippen LogP contribution in [0.15, 0.2) is 58.5 Å². The summed E-state index contributed by atoms with van der Waals surface area (Å²) in [6.45, 7) is 0. The van der Waals surface area contributed by atoms with Gasteiger partial charge >= 0.3 is 6.18 Å². The summed E-state index contributed by atoms with van der Waals surface area (Å²) in [5, 5.41) is 1.12. The van der Waals surface area contributed by atoms with Crippen molar-refractivity contribution in [3.63, 3.8) is 0 Å². The van der Waals surface area contributed by atoms with Gasteiger partial charge in [-0.15, -0.1) is 0 Å². The van der Waals surface area contributed by atoms with Crippen LogP contribution in [0.2, 0.25) is 0 Å². The Bertz CT molecular complexity index is 1190. The van der Waals surface area contributed by atoms with Crippen LogP contribution in [0, 0.1) is 0 Å². The molecular weight excluding hydrogens is 363 g/mol. The molecule has 26 heavy (non-hydrogen) atoms. The van der Waals surface area contributed by atoms with Gasteiger partial charge in [0.1, 0.15) is 11.0 Å². The fourth-order valence-corrected chi connectivity index (χ4v) is 3.48. The fourth-order valence-electron chi connectivity index (χ4n) is 2.93. The summed E-state index contributed by atoms with van der Waals surface area (Å²) >= 11 is 1.20. The zero-order chi connectivity index (χ0) is 18.5. The molecule has 0 bridgehead atoms. The zero-order valence-corrected chi connectivity index (χ0v) is 14.3. The highest BCUT2D eigenvalue weighted by atomic mass is 32.2. The number of halogens is 3. The number of rotatable bonds is 2. The van der Waals surface area contributed by atoms with E-state index in [2.05, 4.69) is 9.97 Å². The number of H-pyrrole nitrogens is 1. The van der Waals surface area contributed by atoms with Crippen LogP contribution >= 0.6 is 11.8 Å². The number of hydrogen-bond acceptors (Lipinski definition) is 3. The first kappa shape index (κ1) is 16.7. The Balaban J connectivity index is 2.06. The largest absolute Gasteiger partial charge is 0.416 e. The Kier molecular flexibility index (Phi) is 3.80. The molecule has 0 fully saturated rings. The van der Waals surface area contributed by atoms with Gasteiger partial charge in [0, 0.05) is 10.9 Å². The molecule has 0 atom stereocenters. The number of para-hydroxylation sites is 1. The number of nitrogens with one attached hydrogen (secondary N) is 1. The van der Waals surface area contributed by atoms with Gasteiger partial charge in [-0.1, -0.05) is 36.0 Å². The first-order chi connectivity index (χ1) is 12.4. The summed E-state index contributed by atoms with van der Waals surface area (Å²) in [6, 6.07) is 12.0. The van der Waals surface area contributed by atoms with Crippen molar-refractivity contribution in [3.05, 3.63) is 64.4 Å². The summed E-state index contributed by atoms with van der Waals surface area (Å²) in [5.41, 5.74) is 0.406. The van der Waals surface area contributed by atoms with E-state index in [0.29, 0.717) is 10.7 Å². The van der Waals surface area contributed by atoms with Crippen LogP contribution in [0.4, 0.5) is 13.2 Å². The molecule has 0 aliphatic carbocycles. The molecule has 0 spiro atoms. The molecule has 0 unspecified atom stereocenters. The van der Waals surface area contributed by atoms with Gasteiger partial charge in [-0.05, 0) is 30.5 Å². The van der Waals surface area contributed by atoms with Crippen molar-refractivity contribution in [1.82, 2.24) is 14.5 Å². The van der Waals surface area contributed by atoms with Gasteiger partial charge in [0.25, 0.3) is 5.56 Å². The number of alkyl halides is 3. The van der Waals surface area contributed by atoms with Crippen LogP contribution in [-0.2, 0) is 6.18 Å². The van der Waals surface area contributed by atoms with Crippen LogP contribution in [0.5, 0.6) is 0 Å². The minimum atomic E-state index is -4.49. The van der Waals surface area contributed by atoms with Crippen LogP contribution in [0.25, 0.3) is 27.6 Å². The van der Waals surface area contributed by atoms with E-state index in [4.69, 9.17) is 0 Å². The second-order valence-electron chi connectivity index (χ2n) is 5.68. The minimum Gasteiger partial charge on any atom is -0.349 e. The third-order valence-electron chi connectivity index (χ3n) is 4.11. The highest BCUT2D eigenvalue weighted by Crippen LogP contribution is 2.31. The molecule has 0 aliphatic heterocycles. The maximum absolute atomic E-state index is 13.0. The Morgan fingerprint density at radius 2 is 1.88 bits per heavy atom. The lowest BCUT2D eigenvalue weighted by molar-refractivity contribution is -0.137. The normalized spacial score (nSPS) is 12.2. The molecule has 2 heterocycles. The van der Waals surface area contributed by atoms with Crippen molar-refractivity contribution < 1.29 is 13.2 Å². The Hall–Kier alpha value is -2.74.